The predicted octanol–water partition coefficient (Wildman–Crippen LogP) is 1.10. The van der Waals surface area contributed by atoms with E-state index in [1.807, 2.05) is 0 Å². The van der Waals surface area contributed by atoms with E-state index >= 15 is 0 Å². The van der Waals surface area contributed by atoms with Gasteiger partial charge in [-0.2, -0.15) is 0 Å². The standard InChI is InChI=1S/C10H9FN2O2/c11-7-3-1-2-6(4-7)8-5-9(14)13-10(15)12-8/h1-4,8H,5H2,(H2,12,13,14,15). The second kappa shape index (κ2) is 3.68. The van der Waals surface area contributed by atoms with Crippen LogP contribution in [0, 0.1) is 5.82 Å². The smallest absolute Gasteiger partial charge is 0.321 e. The monoisotopic (exact) mass is 208 g/mol. The Bertz CT molecular complexity index is 404. The number of benzene rings is 1. The normalized spacial score (nSPS) is 20.7. The van der Waals surface area contributed by atoms with Gasteiger partial charge in [-0.15, -0.1) is 0 Å². The molecule has 0 aromatic heterocycles. The lowest BCUT2D eigenvalue weighted by atomic mass is 10.0. The number of carbonyl (C=O) groups is 2. The quantitative estimate of drug-likeness (QED) is 0.726. The summed E-state index contributed by atoms with van der Waals surface area (Å²) in [6.07, 6.45) is 0.134. The molecule has 1 aromatic carbocycles. The van der Waals surface area contributed by atoms with Crippen LogP contribution in [0.3, 0.4) is 0 Å². The summed E-state index contributed by atoms with van der Waals surface area (Å²) in [5.74, 6) is -0.735. The van der Waals surface area contributed by atoms with Crippen LogP contribution in [-0.4, -0.2) is 11.9 Å². The van der Waals surface area contributed by atoms with Gasteiger partial charge in [0.1, 0.15) is 5.82 Å². The molecule has 15 heavy (non-hydrogen) atoms. The first kappa shape index (κ1) is 9.64. The molecule has 5 heteroatoms. The molecule has 1 aliphatic rings. The Balaban J connectivity index is 2.23. The summed E-state index contributed by atoms with van der Waals surface area (Å²) in [5.41, 5.74) is 0.596. The lowest BCUT2D eigenvalue weighted by Crippen LogP contribution is -2.48. The maximum Gasteiger partial charge on any atom is 0.321 e. The molecular formula is C10H9FN2O2. The van der Waals surface area contributed by atoms with E-state index in [1.165, 1.54) is 12.1 Å². The molecule has 0 aliphatic carbocycles. The van der Waals surface area contributed by atoms with Crippen LogP contribution in [0.1, 0.15) is 18.0 Å². The highest BCUT2D eigenvalue weighted by Crippen LogP contribution is 2.19. The molecule has 0 radical (unpaired) electrons. The Morgan fingerprint density at radius 3 is 2.80 bits per heavy atom. The highest BCUT2D eigenvalue weighted by Gasteiger charge is 2.24. The van der Waals surface area contributed by atoms with Gasteiger partial charge in [-0.25, -0.2) is 9.18 Å². The van der Waals surface area contributed by atoms with Crippen LogP contribution >= 0.6 is 0 Å². The van der Waals surface area contributed by atoms with E-state index in [2.05, 4.69) is 10.6 Å². The maximum absolute atomic E-state index is 12.9. The molecule has 2 N–H and O–H groups in total. The van der Waals surface area contributed by atoms with Crippen molar-refractivity contribution >= 4 is 11.9 Å². The second-order valence-corrected chi connectivity index (χ2v) is 3.33. The fraction of sp³-hybridized carbons (Fsp3) is 0.200. The van der Waals surface area contributed by atoms with Crippen molar-refractivity contribution in [3.05, 3.63) is 35.6 Å². The molecule has 0 saturated carbocycles. The summed E-state index contributed by atoms with van der Waals surface area (Å²) in [5, 5.41) is 4.66. The Morgan fingerprint density at radius 2 is 2.13 bits per heavy atom. The van der Waals surface area contributed by atoms with Crippen molar-refractivity contribution in [3.63, 3.8) is 0 Å². The second-order valence-electron chi connectivity index (χ2n) is 3.33. The third-order valence-electron chi connectivity index (χ3n) is 2.20. The zero-order valence-corrected chi connectivity index (χ0v) is 7.79. The zero-order valence-electron chi connectivity index (χ0n) is 7.79. The van der Waals surface area contributed by atoms with E-state index in [-0.39, 0.29) is 18.1 Å². The summed E-state index contributed by atoms with van der Waals surface area (Å²) in [7, 11) is 0. The third kappa shape index (κ3) is 2.12. The number of hydrogen-bond acceptors (Lipinski definition) is 2. The van der Waals surface area contributed by atoms with Crippen molar-refractivity contribution in [1.29, 1.82) is 0 Å². The van der Waals surface area contributed by atoms with Crippen molar-refractivity contribution in [1.82, 2.24) is 10.6 Å². The van der Waals surface area contributed by atoms with Crippen LogP contribution in [-0.2, 0) is 4.79 Å². The third-order valence-corrected chi connectivity index (χ3v) is 2.20. The zero-order chi connectivity index (χ0) is 10.8. The SMILES string of the molecule is O=C1CC(c2cccc(F)c2)NC(=O)N1. The number of halogens is 1. The number of hydrogen-bond donors (Lipinski definition) is 2. The lowest BCUT2D eigenvalue weighted by Gasteiger charge is -2.23. The van der Waals surface area contributed by atoms with Crippen LogP contribution in [0.5, 0.6) is 0 Å². The van der Waals surface area contributed by atoms with E-state index in [1.54, 1.807) is 12.1 Å². The Hall–Kier alpha value is -1.91. The lowest BCUT2D eigenvalue weighted by molar-refractivity contribution is -0.121. The molecule has 2 rings (SSSR count). The first-order valence-corrected chi connectivity index (χ1v) is 4.51. The van der Waals surface area contributed by atoms with Gasteiger partial charge in [0.15, 0.2) is 0 Å². The topological polar surface area (TPSA) is 58.2 Å². The van der Waals surface area contributed by atoms with Crippen LogP contribution in [0.2, 0.25) is 0 Å². The Labute approximate surface area is 85.5 Å². The molecular weight excluding hydrogens is 199 g/mol. The van der Waals surface area contributed by atoms with Crippen LogP contribution in [0.15, 0.2) is 24.3 Å². The van der Waals surface area contributed by atoms with E-state index in [0.29, 0.717) is 5.56 Å². The van der Waals surface area contributed by atoms with Gasteiger partial charge in [0.2, 0.25) is 5.91 Å². The molecule has 0 spiro atoms. The molecule has 1 aromatic rings. The number of nitrogens with one attached hydrogen (secondary N) is 2. The predicted molar refractivity (Wildman–Crippen MR) is 50.4 cm³/mol. The van der Waals surface area contributed by atoms with Gasteiger partial charge < -0.3 is 5.32 Å². The largest absolute Gasteiger partial charge is 0.330 e. The molecule has 4 nitrogen and oxygen atoms in total. The Kier molecular flexibility index (Phi) is 2.37. The molecule has 1 saturated heterocycles. The first-order chi connectivity index (χ1) is 7.15. The summed E-state index contributed by atoms with van der Waals surface area (Å²) < 4.78 is 12.9. The number of amides is 3. The molecule has 1 heterocycles. The average molecular weight is 208 g/mol. The highest BCUT2D eigenvalue weighted by atomic mass is 19.1. The minimum absolute atomic E-state index is 0.134. The summed E-state index contributed by atoms with van der Waals surface area (Å²) in [6, 6.07) is 4.86. The van der Waals surface area contributed by atoms with Crippen LogP contribution in [0.4, 0.5) is 9.18 Å². The molecule has 0 bridgehead atoms. The summed E-state index contributed by atoms with van der Waals surface area (Å²) >= 11 is 0. The minimum Gasteiger partial charge on any atom is -0.330 e. The molecule has 1 fully saturated rings. The van der Waals surface area contributed by atoms with Gasteiger partial charge in [-0.05, 0) is 17.7 Å². The number of urea groups is 1. The number of rotatable bonds is 1. The van der Waals surface area contributed by atoms with E-state index in [9.17, 15) is 14.0 Å². The van der Waals surface area contributed by atoms with Crippen LogP contribution < -0.4 is 10.6 Å². The van der Waals surface area contributed by atoms with Gasteiger partial charge in [-0.1, -0.05) is 12.1 Å². The van der Waals surface area contributed by atoms with Gasteiger partial charge in [-0.3, -0.25) is 10.1 Å². The summed E-state index contributed by atoms with van der Waals surface area (Å²) in [6.45, 7) is 0. The van der Waals surface area contributed by atoms with Gasteiger partial charge in [0.05, 0.1) is 12.5 Å². The fourth-order valence-corrected chi connectivity index (χ4v) is 1.53. The molecule has 78 valence electrons. The summed E-state index contributed by atoms with van der Waals surface area (Å²) in [4.78, 5) is 22.1. The van der Waals surface area contributed by atoms with E-state index in [0.717, 1.165) is 0 Å². The maximum atomic E-state index is 12.9. The van der Waals surface area contributed by atoms with Gasteiger partial charge in [0.25, 0.3) is 0 Å². The van der Waals surface area contributed by atoms with E-state index < -0.39 is 12.1 Å². The Morgan fingerprint density at radius 1 is 1.33 bits per heavy atom. The van der Waals surface area contributed by atoms with Crippen molar-refractivity contribution < 1.29 is 14.0 Å². The van der Waals surface area contributed by atoms with Crippen LogP contribution in [0.25, 0.3) is 0 Å². The molecule has 1 unspecified atom stereocenters. The van der Waals surface area contributed by atoms with Crippen molar-refractivity contribution in [2.24, 2.45) is 0 Å². The molecule has 1 aliphatic heterocycles. The molecule has 3 amide bonds. The van der Waals surface area contributed by atoms with Crippen molar-refractivity contribution in [3.8, 4) is 0 Å². The molecule has 1 atom stereocenters. The first-order valence-electron chi connectivity index (χ1n) is 4.51. The minimum atomic E-state index is -0.541. The van der Waals surface area contributed by atoms with Crippen molar-refractivity contribution in [2.45, 2.75) is 12.5 Å². The van der Waals surface area contributed by atoms with Gasteiger partial charge in [0, 0.05) is 0 Å². The van der Waals surface area contributed by atoms with Gasteiger partial charge >= 0.3 is 6.03 Å². The highest BCUT2D eigenvalue weighted by molar-refractivity contribution is 5.97. The number of imide groups is 1. The van der Waals surface area contributed by atoms with Crippen molar-refractivity contribution in [2.75, 3.05) is 0 Å². The number of carbonyl (C=O) groups excluding carboxylic acids is 2. The fourth-order valence-electron chi connectivity index (χ4n) is 1.53. The van der Waals surface area contributed by atoms with E-state index in [4.69, 9.17) is 0 Å². The average Bonchev–Trinajstić information content (AvgIpc) is 2.16.